The van der Waals surface area contributed by atoms with Gasteiger partial charge < -0.3 is 20.1 Å². The van der Waals surface area contributed by atoms with Gasteiger partial charge in [-0.1, -0.05) is 27.4 Å². The van der Waals surface area contributed by atoms with Gasteiger partial charge in [0, 0.05) is 30.9 Å². The summed E-state index contributed by atoms with van der Waals surface area (Å²) in [5.74, 6) is -0.199. The summed E-state index contributed by atoms with van der Waals surface area (Å²) in [4.78, 5) is 52.5. The summed E-state index contributed by atoms with van der Waals surface area (Å²) in [6.07, 6.45) is 1.99. The van der Waals surface area contributed by atoms with Gasteiger partial charge in [0.25, 0.3) is 5.56 Å². The molecule has 178 valence electrons. The number of hydrogen-bond donors (Lipinski definition) is 4. The van der Waals surface area contributed by atoms with Crippen molar-refractivity contribution >= 4 is 24.0 Å². The van der Waals surface area contributed by atoms with Crippen LogP contribution in [-0.4, -0.2) is 54.4 Å². The molecule has 0 saturated heterocycles. The number of ether oxygens (including phenoxy) is 2. The van der Waals surface area contributed by atoms with Crippen molar-refractivity contribution in [2.24, 2.45) is 11.3 Å². The zero-order chi connectivity index (χ0) is 24.1. The minimum absolute atomic E-state index is 0.0324. The largest absolute Gasteiger partial charge is 0.459 e. The van der Waals surface area contributed by atoms with E-state index in [0.29, 0.717) is 18.8 Å². The maximum absolute atomic E-state index is 12.0. The molecule has 1 aromatic heterocycles. The van der Waals surface area contributed by atoms with E-state index >= 15 is 0 Å². The second-order valence-electron chi connectivity index (χ2n) is 8.24. The zero-order valence-electron chi connectivity index (χ0n) is 19.1. The summed E-state index contributed by atoms with van der Waals surface area (Å²) in [6.45, 7) is 11.8. The molecule has 0 spiro atoms. The van der Waals surface area contributed by atoms with Crippen LogP contribution in [0.15, 0.2) is 23.5 Å². The summed E-state index contributed by atoms with van der Waals surface area (Å²) in [5, 5.41) is 7.94. The molecule has 0 aliphatic rings. The van der Waals surface area contributed by atoms with Crippen LogP contribution in [-0.2, 0) is 14.3 Å². The minimum atomic E-state index is -0.582. The first-order valence-corrected chi connectivity index (χ1v) is 10.3. The molecule has 32 heavy (non-hydrogen) atoms. The number of aromatic amines is 1. The van der Waals surface area contributed by atoms with E-state index in [1.165, 1.54) is 6.07 Å². The smallest absolute Gasteiger partial charge is 0.407 e. The first-order valence-electron chi connectivity index (χ1n) is 10.3. The number of rotatable bonds is 12. The number of esters is 1. The molecule has 0 radical (unpaired) electrons. The number of carbonyl (C=O) groups is 3. The van der Waals surface area contributed by atoms with Crippen molar-refractivity contribution in [3.8, 4) is 0 Å². The molecule has 11 heteroatoms. The number of carbonyl (C=O) groups excluding carboxylic acids is 3. The molecular weight excluding hydrogens is 418 g/mol. The van der Waals surface area contributed by atoms with Crippen LogP contribution in [0.4, 0.5) is 15.5 Å². The molecule has 0 aliphatic carbocycles. The Morgan fingerprint density at radius 1 is 1.25 bits per heavy atom. The topological polar surface area (TPSA) is 152 Å². The van der Waals surface area contributed by atoms with E-state index in [1.54, 1.807) is 6.92 Å². The Labute approximate surface area is 187 Å². The molecule has 3 amide bonds. The molecule has 1 atom stereocenters. The fourth-order valence-corrected chi connectivity index (χ4v) is 3.04. The standard InChI is InChI=1S/C21H33N5O6/c1-6-17(28)31-9-10-32-20(30)23-13-21(4,5)12-14(2)7-8-22-19(29)26-18-24-15(3)11-16(27)25-18/h6,11,14H,1,7-10,12-13H2,2-5H3,(H,23,30)(H3,22,24,25,26,27,29). The molecule has 1 heterocycles. The minimum Gasteiger partial charge on any atom is -0.459 e. The molecule has 0 aliphatic heterocycles. The van der Waals surface area contributed by atoms with E-state index in [-0.39, 0.29) is 36.1 Å². The van der Waals surface area contributed by atoms with E-state index < -0.39 is 18.1 Å². The maximum atomic E-state index is 12.0. The van der Waals surface area contributed by atoms with Gasteiger partial charge >= 0.3 is 18.1 Å². The van der Waals surface area contributed by atoms with Crippen molar-refractivity contribution in [3.05, 3.63) is 34.8 Å². The van der Waals surface area contributed by atoms with Gasteiger partial charge in [-0.2, -0.15) is 0 Å². The average Bonchev–Trinajstić information content (AvgIpc) is 2.68. The second kappa shape index (κ2) is 13.1. The van der Waals surface area contributed by atoms with E-state index in [4.69, 9.17) is 9.47 Å². The van der Waals surface area contributed by atoms with Crippen molar-refractivity contribution < 1.29 is 23.9 Å². The van der Waals surface area contributed by atoms with E-state index in [0.717, 1.165) is 18.9 Å². The van der Waals surface area contributed by atoms with Crippen LogP contribution in [0.3, 0.4) is 0 Å². The summed E-state index contributed by atoms with van der Waals surface area (Å²) in [7, 11) is 0. The molecular formula is C21H33N5O6. The van der Waals surface area contributed by atoms with Crippen LogP contribution < -0.4 is 21.5 Å². The average molecular weight is 452 g/mol. The molecule has 1 unspecified atom stereocenters. The second-order valence-corrected chi connectivity index (χ2v) is 8.24. The van der Waals surface area contributed by atoms with Gasteiger partial charge in [-0.3, -0.25) is 15.1 Å². The lowest BCUT2D eigenvalue weighted by molar-refractivity contribution is -0.138. The Bertz CT molecular complexity index is 851. The summed E-state index contributed by atoms with van der Waals surface area (Å²) >= 11 is 0. The Morgan fingerprint density at radius 2 is 1.94 bits per heavy atom. The quantitative estimate of drug-likeness (QED) is 0.216. The molecule has 4 N–H and O–H groups in total. The lowest BCUT2D eigenvalue weighted by Crippen LogP contribution is -2.36. The highest BCUT2D eigenvalue weighted by atomic mass is 16.6. The first kappa shape index (κ1) is 26.7. The molecule has 11 nitrogen and oxygen atoms in total. The number of aryl methyl sites for hydroxylation is 1. The van der Waals surface area contributed by atoms with E-state index in [9.17, 15) is 19.2 Å². The number of nitrogens with zero attached hydrogens (tertiary/aromatic N) is 1. The molecule has 0 bridgehead atoms. The fourth-order valence-electron chi connectivity index (χ4n) is 3.04. The summed E-state index contributed by atoms with van der Waals surface area (Å²) in [6, 6.07) is 0.885. The number of anilines is 1. The maximum Gasteiger partial charge on any atom is 0.407 e. The first-order chi connectivity index (χ1) is 15.0. The molecule has 0 aromatic carbocycles. The van der Waals surface area contributed by atoms with Crippen LogP contribution in [0.1, 0.15) is 39.3 Å². The third kappa shape index (κ3) is 11.7. The van der Waals surface area contributed by atoms with Gasteiger partial charge in [-0.15, -0.1) is 0 Å². The van der Waals surface area contributed by atoms with Gasteiger partial charge in [-0.05, 0) is 31.1 Å². The van der Waals surface area contributed by atoms with Crippen LogP contribution in [0.2, 0.25) is 0 Å². The Hall–Kier alpha value is -3.37. The number of hydrogen-bond acceptors (Lipinski definition) is 7. The van der Waals surface area contributed by atoms with Crippen molar-refractivity contribution in [2.45, 2.75) is 40.5 Å². The monoisotopic (exact) mass is 451 g/mol. The van der Waals surface area contributed by atoms with Crippen molar-refractivity contribution in [1.29, 1.82) is 0 Å². The van der Waals surface area contributed by atoms with Crippen LogP contribution in [0, 0.1) is 18.3 Å². The van der Waals surface area contributed by atoms with Crippen molar-refractivity contribution in [3.63, 3.8) is 0 Å². The number of alkyl carbamates (subject to hydrolysis) is 1. The number of H-pyrrole nitrogens is 1. The highest BCUT2D eigenvalue weighted by Crippen LogP contribution is 2.26. The van der Waals surface area contributed by atoms with Gasteiger partial charge in [0.05, 0.1) is 0 Å². The van der Waals surface area contributed by atoms with E-state index in [1.807, 2.05) is 13.8 Å². The van der Waals surface area contributed by atoms with Crippen molar-refractivity contribution in [1.82, 2.24) is 20.6 Å². The lowest BCUT2D eigenvalue weighted by atomic mass is 9.82. The van der Waals surface area contributed by atoms with Crippen LogP contribution in [0.5, 0.6) is 0 Å². The number of urea groups is 1. The number of amides is 3. The van der Waals surface area contributed by atoms with Crippen molar-refractivity contribution in [2.75, 3.05) is 31.6 Å². The predicted molar refractivity (Wildman–Crippen MR) is 119 cm³/mol. The Morgan fingerprint density at radius 3 is 2.59 bits per heavy atom. The predicted octanol–water partition coefficient (Wildman–Crippen LogP) is 2.10. The molecule has 1 rings (SSSR count). The normalized spacial score (nSPS) is 11.8. The van der Waals surface area contributed by atoms with E-state index in [2.05, 4.69) is 39.4 Å². The van der Waals surface area contributed by atoms with Crippen LogP contribution in [0.25, 0.3) is 0 Å². The number of aromatic nitrogens is 2. The van der Waals surface area contributed by atoms with Gasteiger partial charge in [0.15, 0.2) is 0 Å². The molecule has 1 aromatic rings. The zero-order valence-corrected chi connectivity index (χ0v) is 19.1. The Balaban J connectivity index is 2.26. The fraction of sp³-hybridized carbons (Fsp3) is 0.571. The lowest BCUT2D eigenvalue weighted by Gasteiger charge is -2.28. The Kier molecular flexibility index (Phi) is 10.9. The number of nitrogens with one attached hydrogen (secondary N) is 4. The highest BCUT2D eigenvalue weighted by Gasteiger charge is 2.22. The summed E-state index contributed by atoms with van der Waals surface area (Å²) < 4.78 is 9.67. The highest BCUT2D eigenvalue weighted by molar-refractivity contribution is 5.87. The third-order valence-corrected chi connectivity index (χ3v) is 4.36. The molecule has 0 fully saturated rings. The van der Waals surface area contributed by atoms with Crippen LogP contribution >= 0.6 is 0 Å². The SMILES string of the molecule is C=CC(=O)OCCOC(=O)NCC(C)(C)CC(C)CCNC(=O)Nc1nc(C)cc(=O)[nH]1. The van der Waals surface area contributed by atoms with Gasteiger partial charge in [0.2, 0.25) is 5.95 Å². The summed E-state index contributed by atoms with van der Waals surface area (Å²) in [5.41, 5.74) is -0.0214. The third-order valence-electron chi connectivity index (χ3n) is 4.36. The molecule has 0 saturated carbocycles. The van der Waals surface area contributed by atoms with Gasteiger partial charge in [-0.25, -0.2) is 19.4 Å². The van der Waals surface area contributed by atoms with Gasteiger partial charge in [0.1, 0.15) is 13.2 Å².